The molecule has 0 radical (unpaired) electrons. The van der Waals surface area contributed by atoms with Crippen LogP contribution in [0.2, 0.25) is 0 Å². The van der Waals surface area contributed by atoms with Crippen LogP contribution in [0, 0.1) is 0 Å². The number of benzene rings is 1. The molecule has 0 fully saturated rings. The van der Waals surface area contributed by atoms with Crippen molar-refractivity contribution in [1.82, 2.24) is 9.78 Å². The van der Waals surface area contributed by atoms with Crippen LogP contribution in [0.5, 0.6) is 0 Å². The molecule has 1 heterocycles. The zero-order valence-corrected chi connectivity index (χ0v) is 8.64. The second-order valence-electron chi connectivity index (χ2n) is 3.61. The topological polar surface area (TPSA) is 55.1 Å². The normalized spacial score (nSPS) is 12.9. The Morgan fingerprint density at radius 3 is 2.93 bits per heavy atom. The van der Waals surface area contributed by atoms with Crippen LogP contribution in [0.3, 0.4) is 0 Å². The highest BCUT2D eigenvalue weighted by molar-refractivity contribution is 5.88. The molecule has 1 atom stereocenters. The Labute approximate surface area is 87.1 Å². The van der Waals surface area contributed by atoms with Crippen LogP contribution in [-0.4, -0.2) is 20.9 Å². The smallest absolute Gasteiger partial charge is 0.310 e. The third kappa shape index (κ3) is 1.48. The second kappa shape index (κ2) is 3.38. The molecule has 1 aromatic heterocycles. The lowest BCUT2D eigenvalue weighted by Gasteiger charge is -2.07. The maximum Gasteiger partial charge on any atom is 0.310 e. The monoisotopic (exact) mass is 204 g/mol. The van der Waals surface area contributed by atoms with Crippen LogP contribution in [0.25, 0.3) is 10.9 Å². The fourth-order valence-corrected chi connectivity index (χ4v) is 1.71. The number of aliphatic carboxylic acids is 1. The highest BCUT2D eigenvalue weighted by Gasteiger charge is 2.17. The Kier molecular flexibility index (Phi) is 2.19. The average Bonchev–Trinajstić information content (AvgIpc) is 2.59. The standard InChI is InChI=1S/C11H12N2O2/c1-7(11(14)15)8-4-3-5-10-9(8)6-12-13(10)2/h3-7H,1-2H3,(H,14,15). The Morgan fingerprint density at radius 2 is 2.27 bits per heavy atom. The van der Waals surface area contributed by atoms with Crippen LogP contribution >= 0.6 is 0 Å². The van der Waals surface area contributed by atoms with E-state index in [0.29, 0.717) is 0 Å². The molecular weight excluding hydrogens is 192 g/mol. The molecule has 78 valence electrons. The van der Waals surface area contributed by atoms with E-state index in [-0.39, 0.29) is 0 Å². The molecular formula is C11H12N2O2. The van der Waals surface area contributed by atoms with Crippen molar-refractivity contribution in [2.75, 3.05) is 0 Å². The summed E-state index contributed by atoms with van der Waals surface area (Å²) in [5.74, 6) is -1.32. The molecule has 1 unspecified atom stereocenters. The summed E-state index contributed by atoms with van der Waals surface area (Å²) in [7, 11) is 1.84. The average molecular weight is 204 g/mol. The van der Waals surface area contributed by atoms with Crippen molar-refractivity contribution < 1.29 is 9.90 Å². The first-order valence-electron chi connectivity index (χ1n) is 4.74. The van der Waals surface area contributed by atoms with Gasteiger partial charge in [-0.25, -0.2) is 0 Å². The molecule has 0 amide bonds. The van der Waals surface area contributed by atoms with Crippen molar-refractivity contribution in [1.29, 1.82) is 0 Å². The Morgan fingerprint density at radius 1 is 1.53 bits per heavy atom. The van der Waals surface area contributed by atoms with Crippen LogP contribution in [0.15, 0.2) is 24.4 Å². The first-order valence-corrected chi connectivity index (χ1v) is 4.74. The summed E-state index contributed by atoms with van der Waals surface area (Å²) < 4.78 is 1.74. The fourth-order valence-electron chi connectivity index (χ4n) is 1.71. The molecule has 15 heavy (non-hydrogen) atoms. The van der Waals surface area contributed by atoms with Gasteiger partial charge in [0.1, 0.15) is 0 Å². The first kappa shape index (κ1) is 9.71. The van der Waals surface area contributed by atoms with E-state index >= 15 is 0 Å². The number of carboxylic acids is 1. The number of aromatic nitrogens is 2. The van der Waals surface area contributed by atoms with Gasteiger partial charge in [0.25, 0.3) is 0 Å². The number of fused-ring (bicyclic) bond motifs is 1. The number of rotatable bonds is 2. The third-order valence-corrected chi connectivity index (χ3v) is 2.66. The van der Waals surface area contributed by atoms with Crippen LogP contribution < -0.4 is 0 Å². The van der Waals surface area contributed by atoms with Crippen molar-refractivity contribution in [3.63, 3.8) is 0 Å². The quantitative estimate of drug-likeness (QED) is 0.810. The molecule has 0 saturated carbocycles. The molecule has 0 saturated heterocycles. The van der Waals surface area contributed by atoms with Crippen molar-refractivity contribution in [2.24, 2.45) is 7.05 Å². The van der Waals surface area contributed by atoms with Crippen LogP contribution in [0.1, 0.15) is 18.4 Å². The van der Waals surface area contributed by atoms with Gasteiger partial charge in [0.2, 0.25) is 0 Å². The number of carboxylic acid groups (broad SMARTS) is 1. The zero-order chi connectivity index (χ0) is 11.0. The molecule has 0 bridgehead atoms. The lowest BCUT2D eigenvalue weighted by molar-refractivity contribution is -0.138. The predicted octanol–water partition coefficient (Wildman–Crippen LogP) is 1.76. The van der Waals surface area contributed by atoms with Gasteiger partial charge in [-0.2, -0.15) is 5.10 Å². The molecule has 0 aliphatic carbocycles. The second-order valence-corrected chi connectivity index (χ2v) is 3.61. The Balaban J connectivity index is 2.66. The van der Waals surface area contributed by atoms with Gasteiger partial charge in [-0.3, -0.25) is 9.48 Å². The highest BCUT2D eigenvalue weighted by Crippen LogP contribution is 2.25. The van der Waals surface area contributed by atoms with Crippen molar-refractivity contribution in [2.45, 2.75) is 12.8 Å². The minimum absolute atomic E-state index is 0.502. The number of hydrogen-bond donors (Lipinski definition) is 1. The summed E-state index contributed by atoms with van der Waals surface area (Å²) in [5, 5.41) is 14.0. The number of aryl methyl sites for hydroxylation is 1. The van der Waals surface area contributed by atoms with Gasteiger partial charge in [0.15, 0.2) is 0 Å². The zero-order valence-electron chi connectivity index (χ0n) is 8.64. The highest BCUT2D eigenvalue weighted by atomic mass is 16.4. The Bertz CT molecular complexity index is 516. The third-order valence-electron chi connectivity index (χ3n) is 2.66. The lowest BCUT2D eigenvalue weighted by atomic mass is 9.98. The predicted molar refractivity (Wildman–Crippen MR) is 56.8 cm³/mol. The van der Waals surface area contributed by atoms with Crippen molar-refractivity contribution in [3.8, 4) is 0 Å². The molecule has 1 N–H and O–H groups in total. The van der Waals surface area contributed by atoms with Gasteiger partial charge in [-0.1, -0.05) is 12.1 Å². The summed E-state index contributed by atoms with van der Waals surface area (Å²) in [6.45, 7) is 1.68. The van der Waals surface area contributed by atoms with Gasteiger partial charge in [0, 0.05) is 12.4 Å². The molecule has 4 heteroatoms. The van der Waals surface area contributed by atoms with Crippen LogP contribution in [-0.2, 0) is 11.8 Å². The molecule has 1 aromatic carbocycles. The van der Waals surface area contributed by atoms with Gasteiger partial charge < -0.3 is 5.11 Å². The van der Waals surface area contributed by atoms with E-state index in [1.54, 1.807) is 17.8 Å². The molecule has 2 rings (SSSR count). The summed E-state index contributed by atoms with van der Waals surface area (Å²) in [4.78, 5) is 10.9. The Hall–Kier alpha value is -1.84. The van der Waals surface area contributed by atoms with Crippen LogP contribution in [0.4, 0.5) is 0 Å². The number of hydrogen-bond acceptors (Lipinski definition) is 2. The first-order chi connectivity index (χ1) is 7.11. The molecule has 0 spiro atoms. The molecule has 4 nitrogen and oxygen atoms in total. The lowest BCUT2D eigenvalue weighted by Crippen LogP contribution is -2.07. The maximum absolute atomic E-state index is 10.9. The number of carbonyl (C=O) groups is 1. The van der Waals surface area contributed by atoms with E-state index in [1.807, 2.05) is 25.2 Å². The van der Waals surface area contributed by atoms with E-state index in [2.05, 4.69) is 5.10 Å². The van der Waals surface area contributed by atoms with Gasteiger partial charge in [0.05, 0.1) is 17.6 Å². The van der Waals surface area contributed by atoms with Crippen molar-refractivity contribution in [3.05, 3.63) is 30.0 Å². The minimum atomic E-state index is -0.814. The van der Waals surface area contributed by atoms with Gasteiger partial charge >= 0.3 is 5.97 Å². The molecule has 0 aliphatic rings. The minimum Gasteiger partial charge on any atom is -0.481 e. The van der Waals surface area contributed by atoms with E-state index in [1.165, 1.54) is 0 Å². The van der Waals surface area contributed by atoms with E-state index in [0.717, 1.165) is 16.5 Å². The largest absolute Gasteiger partial charge is 0.481 e. The fraction of sp³-hybridized carbons (Fsp3) is 0.273. The van der Waals surface area contributed by atoms with Gasteiger partial charge in [-0.05, 0) is 18.6 Å². The molecule has 2 aromatic rings. The number of nitrogens with zero attached hydrogens (tertiary/aromatic N) is 2. The maximum atomic E-state index is 10.9. The summed E-state index contributed by atoms with van der Waals surface area (Å²) in [6.07, 6.45) is 1.71. The van der Waals surface area contributed by atoms with Gasteiger partial charge in [-0.15, -0.1) is 0 Å². The van der Waals surface area contributed by atoms with E-state index in [4.69, 9.17) is 5.11 Å². The summed E-state index contributed by atoms with van der Waals surface area (Å²) in [5.41, 5.74) is 1.77. The SMILES string of the molecule is CC(C(=O)O)c1cccc2c1cnn2C. The van der Waals surface area contributed by atoms with Crippen molar-refractivity contribution >= 4 is 16.9 Å². The summed E-state index contributed by atoms with van der Waals surface area (Å²) in [6, 6.07) is 5.63. The molecule has 0 aliphatic heterocycles. The van der Waals surface area contributed by atoms with E-state index in [9.17, 15) is 4.79 Å². The van der Waals surface area contributed by atoms with E-state index < -0.39 is 11.9 Å². The summed E-state index contributed by atoms with van der Waals surface area (Å²) >= 11 is 0.